The van der Waals surface area contributed by atoms with Gasteiger partial charge in [-0.15, -0.1) is 0 Å². The first-order valence-corrected chi connectivity index (χ1v) is 9.03. The zero-order valence-electron chi connectivity index (χ0n) is 15.8. The summed E-state index contributed by atoms with van der Waals surface area (Å²) in [7, 11) is 0. The predicted octanol–water partition coefficient (Wildman–Crippen LogP) is 2.86. The third kappa shape index (κ3) is 3.63. The van der Waals surface area contributed by atoms with Crippen molar-refractivity contribution in [2.24, 2.45) is 0 Å². The Morgan fingerprint density at radius 3 is 2.78 bits per heavy atom. The van der Waals surface area contributed by atoms with E-state index in [1.165, 1.54) is 23.0 Å². The molecule has 2 aromatic heterocycles. The van der Waals surface area contributed by atoms with E-state index in [1.807, 2.05) is 20.8 Å². The number of halogens is 1. The minimum atomic E-state index is -0.349. The number of hydrogen-bond donors (Lipinski definition) is 1. The van der Waals surface area contributed by atoms with Gasteiger partial charge in [0.2, 0.25) is 5.91 Å². The van der Waals surface area contributed by atoms with Crippen LogP contribution in [-0.4, -0.2) is 26.6 Å². The summed E-state index contributed by atoms with van der Waals surface area (Å²) in [5.74, 6) is -0.438. The van der Waals surface area contributed by atoms with Crippen molar-refractivity contribution >= 4 is 16.9 Å². The van der Waals surface area contributed by atoms with Gasteiger partial charge in [0.25, 0.3) is 5.56 Å². The number of amides is 1. The van der Waals surface area contributed by atoms with Gasteiger partial charge in [-0.1, -0.05) is 13.0 Å². The number of nitrogens with one attached hydrogen (secondary N) is 1. The number of carbonyl (C=O) groups excluding carboxylic acids is 1. The van der Waals surface area contributed by atoms with Gasteiger partial charge in [0.1, 0.15) is 5.82 Å². The predicted molar refractivity (Wildman–Crippen MR) is 103 cm³/mol. The van der Waals surface area contributed by atoms with Crippen molar-refractivity contribution in [3.8, 4) is 5.69 Å². The molecule has 1 aromatic carbocycles. The Labute approximate surface area is 156 Å². The highest BCUT2D eigenvalue weighted by atomic mass is 19.1. The lowest BCUT2D eigenvalue weighted by atomic mass is 10.2. The Hall–Kier alpha value is -2.96. The van der Waals surface area contributed by atoms with E-state index < -0.39 is 0 Å². The molecule has 0 fully saturated rings. The molecule has 142 valence electrons. The van der Waals surface area contributed by atoms with Gasteiger partial charge >= 0.3 is 0 Å². The first-order valence-electron chi connectivity index (χ1n) is 9.03. The summed E-state index contributed by atoms with van der Waals surface area (Å²) in [6.45, 7) is 6.61. The standard InChI is InChI=1S/C20H23FN4O2/c1-4-9-22-17(26)8-10-24-12-23-19-18(20(24)27)13(2)14(3)25(19)16-7-5-6-15(21)11-16/h5-7,11-12H,4,8-10H2,1-3H3,(H,22,26). The van der Waals surface area contributed by atoms with Gasteiger partial charge in [0, 0.05) is 25.2 Å². The van der Waals surface area contributed by atoms with Crippen LogP contribution in [0.3, 0.4) is 0 Å². The van der Waals surface area contributed by atoms with Crippen molar-refractivity contribution in [2.75, 3.05) is 6.54 Å². The van der Waals surface area contributed by atoms with E-state index in [9.17, 15) is 14.0 Å². The third-order valence-corrected chi connectivity index (χ3v) is 4.70. The second-order valence-electron chi connectivity index (χ2n) is 6.57. The Morgan fingerprint density at radius 1 is 1.30 bits per heavy atom. The van der Waals surface area contributed by atoms with Crippen molar-refractivity contribution < 1.29 is 9.18 Å². The van der Waals surface area contributed by atoms with Crippen LogP contribution >= 0.6 is 0 Å². The maximum absolute atomic E-state index is 13.7. The average molecular weight is 370 g/mol. The van der Waals surface area contributed by atoms with Gasteiger partial charge in [0.15, 0.2) is 5.65 Å². The van der Waals surface area contributed by atoms with Crippen LogP contribution in [0.2, 0.25) is 0 Å². The van der Waals surface area contributed by atoms with Gasteiger partial charge in [-0.25, -0.2) is 9.37 Å². The van der Waals surface area contributed by atoms with E-state index in [0.717, 1.165) is 17.7 Å². The molecule has 0 aliphatic rings. The molecule has 3 aromatic rings. The molecule has 1 N–H and O–H groups in total. The number of rotatable bonds is 6. The minimum absolute atomic E-state index is 0.0888. The van der Waals surface area contributed by atoms with Crippen LogP contribution in [0, 0.1) is 19.7 Å². The van der Waals surface area contributed by atoms with Gasteiger partial charge < -0.3 is 5.32 Å². The van der Waals surface area contributed by atoms with E-state index >= 15 is 0 Å². The molecule has 27 heavy (non-hydrogen) atoms. The van der Waals surface area contributed by atoms with Crippen molar-refractivity contribution in [3.63, 3.8) is 0 Å². The quantitative estimate of drug-likeness (QED) is 0.725. The molecule has 0 spiro atoms. The molecule has 6 nitrogen and oxygen atoms in total. The first kappa shape index (κ1) is 18.8. The van der Waals surface area contributed by atoms with Crippen molar-refractivity contribution in [1.29, 1.82) is 0 Å². The summed E-state index contributed by atoms with van der Waals surface area (Å²) in [5, 5.41) is 3.29. The highest BCUT2D eigenvalue weighted by Crippen LogP contribution is 2.25. The molecule has 1 amide bonds. The van der Waals surface area contributed by atoms with E-state index in [0.29, 0.717) is 23.3 Å². The molecule has 3 rings (SSSR count). The van der Waals surface area contributed by atoms with E-state index in [-0.39, 0.29) is 30.2 Å². The molecule has 0 atom stereocenters. The highest BCUT2D eigenvalue weighted by molar-refractivity contribution is 5.83. The van der Waals surface area contributed by atoms with Gasteiger partial charge in [-0.05, 0) is 44.0 Å². The molecule has 7 heteroatoms. The average Bonchev–Trinajstić information content (AvgIpc) is 2.90. The number of hydrogen-bond acceptors (Lipinski definition) is 3. The highest BCUT2D eigenvalue weighted by Gasteiger charge is 2.18. The second kappa shape index (κ2) is 7.73. The van der Waals surface area contributed by atoms with Gasteiger partial charge in [-0.3, -0.25) is 18.7 Å². The topological polar surface area (TPSA) is 68.9 Å². The van der Waals surface area contributed by atoms with Crippen molar-refractivity contribution in [1.82, 2.24) is 19.4 Å². The molecule has 0 saturated carbocycles. The van der Waals surface area contributed by atoms with Gasteiger partial charge in [-0.2, -0.15) is 0 Å². The Bertz CT molecular complexity index is 1050. The Balaban J connectivity index is 2.01. The summed E-state index contributed by atoms with van der Waals surface area (Å²) in [4.78, 5) is 29.2. The molecular formula is C20H23FN4O2. The Morgan fingerprint density at radius 2 is 2.07 bits per heavy atom. The number of aryl methyl sites for hydroxylation is 2. The normalized spacial score (nSPS) is 11.1. The van der Waals surface area contributed by atoms with Crippen LogP contribution in [0.1, 0.15) is 31.0 Å². The van der Waals surface area contributed by atoms with E-state index in [4.69, 9.17) is 0 Å². The molecule has 0 aliphatic carbocycles. The molecule has 0 unspecified atom stereocenters. The fourth-order valence-electron chi connectivity index (χ4n) is 3.15. The number of nitrogens with zero attached hydrogens (tertiary/aromatic N) is 3. The van der Waals surface area contributed by atoms with Gasteiger partial charge in [0.05, 0.1) is 17.4 Å². The van der Waals surface area contributed by atoms with Crippen LogP contribution < -0.4 is 10.9 Å². The maximum atomic E-state index is 13.7. The SMILES string of the molecule is CCCNC(=O)CCn1cnc2c(c(C)c(C)n2-c2cccc(F)c2)c1=O. The zero-order valence-corrected chi connectivity index (χ0v) is 15.8. The monoisotopic (exact) mass is 370 g/mol. The van der Waals surface area contributed by atoms with Crippen LogP contribution in [0.4, 0.5) is 4.39 Å². The fraction of sp³-hybridized carbons (Fsp3) is 0.350. The summed E-state index contributed by atoms with van der Waals surface area (Å²) < 4.78 is 16.9. The number of aromatic nitrogens is 3. The lowest BCUT2D eigenvalue weighted by Gasteiger charge is -2.09. The molecular weight excluding hydrogens is 347 g/mol. The lowest BCUT2D eigenvalue weighted by molar-refractivity contribution is -0.121. The summed E-state index contributed by atoms with van der Waals surface area (Å²) in [6, 6.07) is 6.19. The smallest absolute Gasteiger partial charge is 0.263 e. The van der Waals surface area contributed by atoms with Crippen LogP contribution in [0.5, 0.6) is 0 Å². The van der Waals surface area contributed by atoms with Crippen LogP contribution in [0.15, 0.2) is 35.4 Å². The largest absolute Gasteiger partial charge is 0.356 e. The van der Waals surface area contributed by atoms with Crippen LogP contribution in [0.25, 0.3) is 16.7 Å². The van der Waals surface area contributed by atoms with E-state index in [1.54, 1.807) is 16.7 Å². The fourth-order valence-corrected chi connectivity index (χ4v) is 3.15. The lowest BCUT2D eigenvalue weighted by Crippen LogP contribution is -2.28. The minimum Gasteiger partial charge on any atom is -0.356 e. The van der Waals surface area contributed by atoms with Crippen LogP contribution in [-0.2, 0) is 11.3 Å². The number of fused-ring (bicyclic) bond motifs is 1. The second-order valence-corrected chi connectivity index (χ2v) is 6.57. The van der Waals surface area contributed by atoms with Crippen molar-refractivity contribution in [2.45, 2.75) is 40.2 Å². The number of benzene rings is 1. The summed E-state index contributed by atoms with van der Waals surface area (Å²) in [5.41, 5.74) is 2.55. The molecule has 2 heterocycles. The molecule has 0 bridgehead atoms. The zero-order chi connectivity index (χ0) is 19.6. The molecule has 0 aliphatic heterocycles. The molecule has 0 saturated heterocycles. The summed E-state index contributed by atoms with van der Waals surface area (Å²) >= 11 is 0. The Kier molecular flexibility index (Phi) is 5.39. The third-order valence-electron chi connectivity index (χ3n) is 4.70. The maximum Gasteiger partial charge on any atom is 0.263 e. The number of carbonyl (C=O) groups is 1. The van der Waals surface area contributed by atoms with Crippen molar-refractivity contribution in [3.05, 3.63) is 58.0 Å². The van der Waals surface area contributed by atoms with E-state index in [2.05, 4.69) is 10.3 Å². The molecule has 0 radical (unpaired) electrons. The summed E-state index contributed by atoms with van der Waals surface area (Å²) in [6.07, 6.45) is 2.54. The first-order chi connectivity index (χ1) is 12.9.